The van der Waals surface area contributed by atoms with Crippen molar-refractivity contribution in [2.24, 2.45) is 0 Å². The second-order valence-electron chi connectivity index (χ2n) is 5.77. The largest absolute Gasteiger partial charge is 0.480 e. The van der Waals surface area contributed by atoms with Crippen LogP contribution in [0.4, 0.5) is 0 Å². The van der Waals surface area contributed by atoms with E-state index in [-0.39, 0.29) is 24.3 Å². The molecule has 6 heteroatoms. The summed E-state index contributed by atoms with van der Waals surface area (Å²) in [6.07, 6.45) is 2.47. The van der Waals surface area contributed by atoms with Crippen LogP contribution in [0, 0.1) is 0 Å². The van der Waals surface area contributed by atoms with Gasteiger partial charge >= 0.3 is 5.97 Å². The maximum absolute atomic E-state index is 12.2. The van der Waals surface area contributed by atoms with Crippen molar-refractivity contribution in [3.05, 3.63) is 35.9 Å². The van der Waals surface area contributed by atoms with Crippen molar-refractivity contribution in [1.29, 1.82) is 0 Å². The number of nitrogens with zero attached hydrogens (tertiary/aromatic N) is 1. The third-order valence-electron chi connectivity index (χ3n) is 3.89. The zero-order chi connectivity index (χ0) is 16.8. The Morgan fingerprint density at radius 3 is 2.48 bits per heavy atom. The lowest BCUT2D eigenvalue weighted by molar-refractivity contribution is -0.150. The molecule has 2 N–H and O–H groups in total. The Balaban J connectivity index is 1.75. The average Bonchev–Trinajstić information content (AvgIpc) is 3.37. The van der Waals surface area contributed by atoms with Gasteiger partial charge in [0.05, 0.1) is 0 Å². The van der Waals surface area contributed by atoms with Crippen LogP contribution in [0.2, 0.25) is 0 Å². The number of hydrogen-bond acceptors (Lipinski definition) is 3. The number of hydrogen-bond donors (Lipinski definition) is 2. The first-order valence-electron chi connectivity index (χ1n) is 7.88. The molecule has 1 atom stereocenters. The van der Waals surface area contributed by atoms with Crippen LogP contribution in [0.3, 0.4) is 0 Å². The summed E-state index contributed by atoms with van der Waals surface area (Å²) in [4.78, 5) is 36.7. The van der Waals surface area contributed by atoms with E-state index in [4.69, 9.17) is 5.11 Å². The minimum Gasteiger partial charge on any atom is -0.480 e. The third kappa shape index (κ3) is 4.81. The minimum atomic E-state index is -0.984. The van der Waals surface area contributed by atoms with Gasteiger partial charge in [-0.15, -0.1) is 0 Å². The summed E-state index contributed by atoms with van der Waals surface area (Å²) >= 11 is 0. The molecule has 0 aliphatic heterocycles. The molecule has 2 rings (SSSR count). The highest BCUT2D eigenvalue weighted by Gasteiger charge is 2.37. The highest BCUT2D eigenvalue weighted by molar-refractivity contribution is 5.94. The number of carboxylic acids is 1. The number of nitrogens with one attached hydrogen (secondary N) is 1. The van der Waals surface area contributed by atoms with Crippen LogP contribution in [-0.4, -0.2) is 46.4 Å². The predicted octanol–water partition coefficient (Wildman–Crippen LogP) is 1.66. The SMILES string of the molecule is CC(C(=O)O)N(C(=O)CCCNC(=O)c1ccccc1)C1CC1. The average molecular weight is 318 g/mol. The summed E-state index contributed by atoms with van der Waals surface area (Å²) in [6.45, 7) is 1.93. The van der Waals surface area contributed by atoms with E-state index in [9.17, 15) is 14.4 Å². The van der Waals surface area contributed by atoms with Gasteiger partial charge in [-0.1, -0.05) is 18.2 Å². The summed E-state index contributed by atoms with van der Waals surface area (Å²) in [5.41, 5.74) is 0.581. The molecule has 1 fully saturated rings. The van der Waals surface area contributed by atoms with E-state index in [1.165, 1.54) is 11.8 Å². The lowest BCUT2D eigenvalue weighted by Gasteiger charge is -2.26. The summed E-state index contributed by atoms with van der Waals surface area (Å²) in [5.74, 6) is -1.31. The van der Waals surface area contributed by atoms with E-state index in [0.29, 0.717) is 18.5 Å². The van der Waals surface area contributed by atoms with Gasteiger partial charge in [0.25, 0.3) is 5.91 Å². The van der Waals surface area contributed by atoms with E-state index in [1.54, 1.807) is 24.3 Å². The van der Waals surface area contributed by atoms with Crippen LogP contribution >= 0.6 is 0 Å². The van der Waals surface area contributed by atoms with Crippen LogP contribution in [0.1, 0.15) is 43.0 Å². The molecule has 1 aromatic rings. The Hall–Kier alpha value is -2.37. The van der Waals surface area contributed by atoms with Crippen molar-refractivity contribution in [3.8, 4) is 0 Å². The molecular weight excluding hydrogens is 296 g/mol. The van der Waals surface area contributed by atoms with Crippen LogP contribution in [0.15, 0.2) is 30.3 Å². The highest BCUT2D eigenvalue weighted by Crippen LogP contribution is 2.29. The van der Waals surface area contributed by atoms with Gasteiger partial charge in [0.1, 0.15) is 6.04 Å². The van der Waals surface area contributed by atoms with Gasteiger partial charge in [0.2, 0.25) is 5.91 Å². The van der Waals surface area contributed by atoms with Gasteiger partial charge in [-0.05, 0) is 38.3 Å². The van der Waals surface area contributed by atoms with Crippen molar-refractivity contribution < 1.29 is 19.5 Å². The zero-order valence-corrected chi connectivity index (χ0v) is 13.2. The molecule has 0 heterocycles. The Morgan fingerprint density at radius 1 is 1.26 bits per heavy atom. The minimum absolute atomic E-state index is 0.0625. The number of carbonyl (C=O) groups is 3. The number of carbonyl (C=O) groups excluding carboxylic acids is 2. The topological polar surface area (TPSA) is 86.7 Å². The first-order valence-corrected chi connectivity index (χ1v) is 7.88. The molecule has 0 spiro atoms. The molecule has 124 valence electrons. The normalized spacial score (nSPS) is 14.8. The van der Waals surface area contributed by atoms with E-state index in [1.807, 2.05) is 6.07 Å². The van der Waals surface area contributed by atoms with Gasteiger partial charge < -0.3 is 15.3 Å². The van der Waals surface area contributed by atoms with E-state index < -0.39 is 12.0 Å². The molecule has 2 amide bonds. The monoisotopic (exact) mass is 318 g/mol. The second-order valence-corrected chi connectivity index (χ2v) is 5.77. The maximum atomic E-state index is 12.2. The number of carboxylic acid groups (broad SMARTS) is 1. The maximum Gasteiger partial charge on any atom is 0.326 e. The molecule has 6 nitrogen and oxygen atoms in total. The number of benzene rings is 1. The molecular formula is C17H22N2O4. The third-order valence-corrected chi connectivity index (χ3v) is 3.89. The van der Waals surface area contributed by atoms with Gasteiger partial charge in [-0.3, -0.25) is 9.59 Å². The van der Waals surface area contributed by atoms with Crippen LogP contribution in [-0.2, 0) is 9.59 Å². The molecule has 1 aromatic carbocycles. The molecule has 0 bridgehead atoms. The first-order chi connectivity index (χ1) is 11.0. The predicted molar refractivity (Wildman–Crippen MR) is 85.0 cm³/mol. The Labute approximate surface area is 135 Å². The number of aliphatic carboxylic acids is 1. The van der Waals surface area contributed by atoms with Crippen LogP contribution < -0.4 is 5.32 Å². The molecule has 1 saturated carbocycles. The lowest BCUT2D eigenvalue weighted by atomic mass is 10.2. The molecule has 23 heavy (non-hydrogen) atoms. The van der Waals surface area contributed by atoms with Crippen LogP contribution in [0.5, 0.6) is 0 Å². The number of rotatable bonds is 8. The first kappa shape index (κ1) is 17.0. The molecule has 0 saturated heterocycles. The second kappa shape index (κ2) is 7.76. The summed E-state index contributed by atoms with van der Waals surface area (Å²) in [6, 6.07) is 8.14. The van der Waals surface area contributed by atoms with Crippen molar-refractivity contribution in [1.82, 2.24) is 10.2 Å². The van der Waals surface area contributed by atoms with Crippen molar-refractivity contribution in [3.63, 3.8) is 0 Å². The van der Waals surface area contributed by atoms with E-state index >= 15 is 0 Å². The van der Waals surface area contributed by atoms with Crippen molar-refractivity contribution >= 4 is 17.8 Å². The quantitative estimate of drug-likeness (QED) is 0.714. The summed E-state index contributed by atoms with van der Waals surface area (Å²) in [5, 5.41) is 11.9. The fourth-order valence-electron chi connectivity index (χ4n) is 2.47. The Bertz CT molecular complexity index is 569. The molecule has 1 aliphatic rings. The zero-order valence-electron chi connectivity index (χ0n) is 13.2. The standard InChI is InChI=1S/C17H22N2O4/c1-12(17(22)23)19(14-9-10-14)15(20)8-5-11-18-16(21)13-6-3-2-4-7-13/h2-4,6-7,12,14H,5,8-11H2,1H3,(H,18,21)(H,22,23). The molecule has 0 radical (unpaired) electrons. The van der Waals surface area contributed by atoms with Gasteiger partial charge in [-0.25, -0.2) is 4.79 Å². The summed E-state index contributed by atoms with van der Waals surface area (Å²) in [7, 11) is 0. The Kier molecular flexibility index (Phi) is 5.73. The smallest absolute Gasteiger partial charge is 0.326 e. The molecule has 1 aliphatic carbocycles. The van der Waals surface area contributed by atoms with E-state index in [0.717, 1.165) is 12.8 Å². The highest BCUT2D eigenvalue weighted by atomic mass is 16.4. The number of amides is 2. The summed E-state index contributed by atoms with van der Waals surface area (Å²) < 4.78 is 0. The van der Waals surface area contributed by atoms with Crippen molar-refractivity contribution in [2.45, 2.75) is 44.7 Å². The molecule has 1 unspecified atom stereocenters. The fourth-order valence-corrected chi connectivity index (χ4v) is 2.47. The fraction of sp³-hybridized carbons (Fsp3) is 0.471. The van der Waals surface area contributed by atoms with E-state index in [2.05, 4.69) is 5.32 Å². The Morgan fingerprint density at radius 2 is 1.91 bits per heavy atom. The van der Waals surface area contributed by atoms with Crippen molar-refractivity contribution in [2.75, 3.05) is 6.54 Å². The molecule has 0 aromatic heterocycles. The van der Waals surface area contributed by atoms with Crippen LogP contribution in [0.25, 0.3) is 0 Å². The van der Waals surface area contributed by atoms with Gasteiger partial charge in [-0.2, -0.15) is 0 Å². The van der Waals surface area contributed by atoms with Gasteiger partial charge in [0.15, 0.2) is 0 Å². The lowest BCUT2D eigenvalue weighted by Crippen LogP contribution is -2.44. The van der Waals surface area contributed by atoms with Gasteiger partial charge in [0, 0.05) is 24.6 Å².